The first kappa shape index (κ1) is 13.8. The number of ether oxygens (including phenoxy) is 2. The SMILES string of the molecule is CCNCc1cnc(-c2cc(OC)cc(OC)c2)s1. The van der Waals surface area contributed by atoms with Crippen LogP contribution in [0.3, 0.4) is 0 Å². The summed E-state index contributed by atoms with van der Waals surface area (Å²) in [7, 11) is 3.30. The molecule has 0 aliphatic heterocycles. The Hall–Kier alpha value is -1.59. The lowest BCUT2D eigenvalue weighted by atomic mass is 10.2. The van der Waals surface area contributed by atoms with Gasteiger partial charge in [-0.15, -0.1) is 11.3 Å². The van der Waals surface area contributed by atoms with Crippen LogP contribution in [0.15, 0.2) is 24.4 Å². The third-order valence-electron chi connectivity index (χ3n) is 2.70. The minimum atomic E-state index is 0.776. The number of hydrogen-bond donors (Lipinski definition) is 1. The van der Waals surface area contributed by atoms with Gasteiger partial charge in [0.15, 0.2) is 0 Å². The molecule has 0 bridgehead atoms. The minimum Gasteiger partial charge on any atom is -0.497 e. The van der Waals surface area contributed by atoms with Crippen molar-refractivity contribution in [3.05, 3.63) is 29.3 Å². The van der Waals surface area contributed by atoms with Crippen LogP contribution in [0.1, 0.15) is 11.8 Å². The van der Waals surface area contributed by atoms with Crippen molar-refractivity contribution in [1.29, 1.82) is 0 Å². The second-order valence-corrected chi connectivity index (χ2v) is 5.13. The lowest BCUT2D eigenvalue weighted by Crippen LogP contribution is -2.10. The Morgan fingerprint density at radius 3 is 2.42 bits per heavy atom. The van der Waals surface area contributed by atoms with Gasteiger partial charge < -0.3 is 14.8 Å². The molecule has 0 radical (unpaired) electrons. The van der Waals surface area contributed by atoms with E-state index in [4.69, 9.17) is 9.47 Å². The van der Waals surface area contributed by atoms with E-state index in [-0.39, 0.29) is 0 Å². The lowest BCUT2D eigenvalue weighted by molar-refractivity contribution is 0.394. The molecule has 1 aromatic carbocycles. The molecule has 0 saturated heterocycles. The van der Waals surface area contributed by atoms with E-state index in [1.165, 1.54) is 4.88 Å². The fraction of sp³-hybridized carbons (Fsp3) is 0.357. The van der Waals surface area contributed by atoms with E-state index in [0.717, 1.165) is 35.2 Å². The molecular formula is C14H18N2O2S. The van der Waals surface area contributed by atoms with Gasteiger partial charge in [-0.3, -0.25) is 0 Å². The molecule has 0 saturated carbocycles. The molecule has 0 aliphatic rings. The molecular weight excluding hydrogens is 260 g/mol. The highest BCUT2D eigenvalue weighted by atomic mass is 32.1. The maximum Gasteiger partial charge on any atom is 0.123 e. The van der Waals surface area contributed by atoms with Gasteiger partial charge in [0.05, 0.1) is 14.2 Å². The fourth-order valence-corrected chi connectivity index (χ4v) is 2.57. The maximum absolute atomic E-state index is 5.28. The highest BCUT2D eigenvalue weighted by Crippen LogP contribution is 2.32. The Morgan fingerprint density at radius 2 is 1.84 bits per heavy atom. The van der Waals surface area contributed by atoms with Crippen molar-refractivity contribution in [2.45, 2.75) is 13.5 Å². The number of rotatable bonds is 6. The molecule has 0 spiro atoms. The van der Waals surface area contributed by atoms with Gasteiger partial charge in [-0.1, -0.05) is 6.92 Å². The first-order valence-electron chi connectivity index (χ1n) is 6.15. The average molecular weight is 278 g/mol. The van der Waals surface area contributed by atoms with Crippen molar-refractivity contribution in [2.24, 2.45) is 0 Å². The Bertz CT molecular complexity index is 518. The Morgan fingerprint density at radius 1 is 1.16 bits per heavy atom. The number of thiazole rings is 1. The van der Waals surface area contributed by atoms with Crippen LogP contribution in [0, 0.1) is 0 Å². The Labute approximate surface area is 117 Å². The zero-order valence-corrected chi connectivity index (χ0v) is 12.2. The number of nitrogens with zero attached hydrogens (tertiary/aromatic N) is 1. The highest BCUT2D eigenvalue weighted by Gasteiger charge is 2.08. The van der Waals surface area contributed by atoms with Crippen LogP contribution in [0.25, 0.3) is 10.6 Å². The van der Waals surface area contributed by atoms with E-state index >= 15 is 0 Å². The summed E-state index contributed by atoms with van der Waals surface area (Å²) in [5, 5.41) is 4.27. The van der Waals surface area contributed by atoms with Crippen molar-refractivity contribution < 1.29 is 9.47 Å². The summed E-state index contributed by atoms with van der Waals surface area (Å²) >= 11 is 1.68. The van der Waals surface area contributed by atoms with E-state index in [1.54, 1.807) is 25.6 Å². The molecule has 1 heterocycles. The molecule has 4 nitrogen and oxygen atoms in total. The van der Waals surface area contributed by atoms with E-state index in [9.17, 15) is 0 Å². The summed E-state index contributed by atoms with van der Waals surface area (Å²) in [6.45, 7) is 3.91. The molecule has 2 aromatic rings. The number of benzene rings is 1. The van der Waals surface area contributed by atoms with Crippen LogP contribution in [-0.2, 0) is 6.54 Å². The number of aromatic nitrogens is 1. The molecule has 1 aromatic heterocycles. The molecule has 102 valence electrons. The lowest BCUT2D eigenvalue weighted by Gasteiger charge is -2.06. The standard InChI is InChI=1S/C14H18N2O2S/c1-4-15-8-13-9-16-14(19-13)10-5-11(17-2)7-12(6-10)18-3/h5-7,9,15H,4,8H2,1-3H3. The summed E-state index contributed by atoms with van der Waals surface area (Å²) in [5.74, 6) is 1.55. The third kappa shape index (κ3) is 3.45. The van der Waals surface area contributed by atoms with E-state index in [0.29, 0.717) is 0 Å². The molecule has 2 rings (SSSR count). The molecule has 0 amide bonds. The quantitative estimate of drug-likeness (QED) is 0.882. The van der Waals surface area contributed by atoms with E-state index in [1.807, 2.05) is 24.4 Å². The van der Waals surface area contributed by atoms with Gasteiger partial charge in [0.2, 0.25) is 0 Å². The largest absolute Gasteiger partial charge is 0.497 e. The number of hydrogen-bond acceptors (Lipinski definition) is 5. The van der Waals surface area contributed by atoms with Crippen LogP contribution in [-0.4, -0.2) is 25.7 Å². The second-order valence-electron chi connectivity index (χ2n) is 4.01. The zero-order chi connectivity index (χ0) is 13.7. The van der Waals surface area contributed by atoms with Gasteiger partial charge >= 0.3 is 0 Å². The molecule has 0 aliphatic carbocycles. The molecule has 0 fully saturated rings. The van der Waals surface area contributed by atoms with Crippen LogP contribution >= 0.6 is 11.3 Å². The predicted molar refractivity (Wildman–Crippen MR) is 78.0 cm³/mol. The van der Waals surface area contributed by atoms with Gasteiger partial charge in [-0.05, 0) is 18.7 Å². The normalized spacial score (nSPS) is 10.5. The summed E-state index contributed by atoms with van der Waals surface area (Å²) < 4.78 is 10.6. The summed E-state index contributed by atoms with van der Waals surface area (Å²) in [6, 6.07) is 5.80. The van der Waals surface area contributed by atoms with Crippen molar-refractivity contribution in [2.75, 3.05) is 20.8 Å². The van der Waals surface area contributed by atoms with Crippen molar-refractivity contribution in [3.8, 4) is 22.1 Å². The average Bonchev–Trinajstić information content (AvgIpc) is 2.93. The topological polar surface area (TPSA) is 43.4 Å². The van der Waals surface area contributed by atoms with Gasteiger partial charge in [0, 0.05) is 29.2 Å². The summed E-state index contributed by atoms with van der Waals surface area (Å²) in [4.78, 5) is 5.68. The molecule has 0 unspecified atom stereocenters. The van der Waals surface area contributed by atoms with Gasteiger partial charge in [0.25, 0.3) is 0 Å². The number of methoxy groups -OCH3 is 2. The molecule has 1 N–H and O–H groups in total. The van der Waals surface area contributed by atoms with Crippen LogP contribution in [0.2, 0.25) is 0 Å². The van der Waals surface area contributed by atoms with Crippen LogP contribution in [0.5, 0.6) is 11.5 Å². The Balaban J connectivity index is 2.27. The van der Waals surface area contributed by atoms with E-state index < -0.39 is 0 Å². The summed E-state index contributed by atoms with van der Waals surface area (Å²) in [6.07, 6.45) is 1.91. The predicted octanol–water partition coefficient (Wildman–Crippen LogP) is 2.94. The monoisotopic (exact) mass is 278 g/mol. The second kappa shape index (κ2) is 6.54. The third-order valence-corrected chi connectivity index (χ3v) is 3.75. The number of nitrogens with one attached hydrogen (secondary N) is 1. The van der Waals surface area contributed by atoms with Crippen molar-refractivity contribution in [3.63, 3.8) is 0 Å². The van der Waals surface area contributed by atoms with Gasteiger partial charge in [0.1, 0.15) is 16.5 Å². The van der Waals surface area contributed by atoms with Crippen LogP contribution < -0.4 is 14.8 Å². The maximum atomic E-state index is 5.28. The first-order chi connectivity index (χ1) is 9.26. The smallest absolute Gasteiger partial charge is 0.123 e. The van der Waals surface area contributed by atoms with Gasteiger partial charge in [-0.25, -0.2) is 4.98 Å². The first-order valence-corrected chi connectivity index (χ1v) is 6.97. The fourth-order valence-electron chi connectivity index (χ4n) is 1.70. The molecule has 0 atom stereocenters. The highest BCUT2D eigenvalue weighted by molar-refractivity contribution is 7.15. The van der Waals surface area contributed by atoms with Crippen molar-refractivity contribution in [1.82, 2.24) is 10.3 Å². The zero-order valence-electron chi connectivity index (χ0n) is 11.4. The van der Waals surface area contributed by atoms with Crippen molar-refractivity contribution >= 4 is 11.3 Å². The van der Waals surface area contributed by atoms with Crippen LogP contribution in [0.4, 0.5) is 0 Å². The molecule has 19 heavy (non-hydrogen) atoms. The Kier molecular flexibility index (Phi) is 4.76. The molecule has 5 heteroatoms. The minimum absolute atomic E-state index is 0.776. The van der Waals surface area contributed by atoms with E-state index in [2.05, 4.69) is 17.2 Å². The summed E-state index contributed by atoms with van der Waals surface area (Å²) in [5.41, 5.74) is 1.02. The van der Waals surface area contributed by atoms with Gasteiger partial charge in [-0.2, -0.15) is 0 Å².